The molecule has 0 radical (unpaired) electrons. The van der Waals surface area contributed by atoms with E-state index in [1.165, 1.54) is 24.3 Å². The number of ether oxygens (including phenoxy) is 2. The summed E-state index contributed by atoms with van der Waals surface area (Å²) in [7, 11) is 1.05. The summed E-state index contributed by atoms with van der Waals surface area (Å²) in [5, 5.41) is 30.3. The highest BCUT2D eigenvalue weighted by Crippen LogP contribution is 2.39. The number of nitrogen functional groups attached to an aromatic ring is 1. The normalized spacial score (nSPS) is 10.4. The SMILES string of the molecule is COC(=O)c1cc([N+](=O)[O-])ccc1Oc1ccccc1-c1c(C(=O)O)c(N)[nH]c(=O)c1C(=O)O. The molecule has 3 aromatic rings. The second-order valence-corrected chi connectivity index (χ2v) is 6.63. The number of carboxylic acid groups (broad SMARTS) is 2. The summed E-state index contributed by atoms with van der Waals surface area (Å²) in [5.41, 5.74) is 1.49. The van der Waals surface area contributed by atoms with Gasteiger partial charge in [-0.2, -0.15) is 0 Å². The monoisotopic (exact) mass is 469 g/mol. The number of carboxylic acids is 2. The third-order valence-corrected chi connectivity index (χ3v) is 4.63. The van der Waals surface area contributed by atoms with E-state index in [0.717, 1.165) is 25.3 Å². The molecule has 1 heterocycles. The quantitative estimate of drug-likeness (QED) is 0.224. The lowest BCUT2D eigenvalue weighted by Crippen LogP contribution is -2.24. The van der Waals surface area contributed by atoms with Crippen molar-refractivity contribution in [1.29, 1.82) is 0 Å². The number of aromatic nitrogens is 1. The van der Waals surface area contributed by atoms with Gasteiger partial charge in [0.25, 0.3) is 11.2 Å². The van der Waals surface area contributed by atoms with Crippen molar-refractivity contribution in [1.82, 2.24) is 4.98 Å². The molecule has 0 unspecified atom stereocenters. The first kappa shape index (κ1) is 23.5. The van der Waals surface area contributed by atoms with Crippen molar-refractivity contribution in [2.75, 3.05) is 12.8 Å². The van der Waals surface area contributed by atoms with Gasteiger partial charge in [-0.1, -0.05) is 18.2 Å². The molecular weight excluding hydrogens is 454 g/mol. The minimum atomic E-state index is -1.72. The Kier molecular flexibility index (Phi) is 6.29. The van der Waals surface area contributed by atoms with E-state index in [-0.39, 0.29) is 22.6 Å². The molecule has 0 saturated carbocycles. The van der Waals surface area contributed by atoms with Gasteiger partial charge in [0, 0.05) is 23.3 Å². The van der Waals surface area contributed by atoms with Gasteiger partial charge in [0.15, 0.2) is 0 Å². The molecular formula is C21H15N3O10. The largest absolute Gasteiger partial charge is 0.478 e. The standard InChI is InChI=1S/C21H15N3O10/c1-33-21(30)11-8-9(24(31)32)6-7-13(11)34-12-5-3-2-4-10(12)14-15(19(26)27)17(22)23-18(25)16(14)20(28)29/h2-8H,1H3,(H,26,27)(H,28,29)(H3,22,23,25). The van der Waals surface area contributed by atoms with Crippen LogP contribution in [-0.4, -0.2) is 45.1 Å². The van der Waals surface area contributed by atoms with E-state index < -0.39 is 56.6 Å². The third kappa shape index (κ3) is 4.25. The second kappa shape index (κ2) is 9.12. The maximum absolute atomic E-state index is 12.3. The lowest BCUT2D eigenvalue weighted by molar-refractivity contribution is -0.384. The molecule has 13 heteroatoms. The van der Waals surface area contributed by atoms with E-state index in [4.69, 9.17) is 10.5 Å². The van der Waals surface area contributed by atoms with Gasteiger partial charge in [0.2, 0.25) is 0 Å². The van der Waals surface area contributed by atoms with E-state index in [2.05, 4.69) is 4.74 Å². The zero-order valence-electron chi connectivity index (χ0n) is 17.2. The van der Waals surface area contributed by atoms with E-state index >= 15 is 0 Å². The lowest BCUT2D eigenvalue weighted by atomic mass is 9.94. The molecule has 0 aliphatic heterocycles. The van der Waals surface area contributed by atoms with Crippen molar-refractivity contribution in [3.63, 3.8) is 0 Å². The Labute approximate surface area is 189 Å². The fourth-order valence-corrected chi connectivity index (χ4v) is 3.19. The van der Waals surface area contributed by atoms with Gasteiger partial charge in [0.05, 0.1) is 12.0 Å². The molecule has 0 bridgehead atoms. The van der Waals surface area contributed by atoms with E-state index in [1.807, 2.05) is 4.98 Å². The number of hydrogen-bond acceptors (Lipinski definition) is 9. The predicted molar refractivity (Wildman–Crippen MR) is 115 cm³/mol. The van der Waals surface area contributed by atoms with Crippen LogP contribution in [0.15, 0.2) is 47.3 Å². The summed E-state index contributed by atoms with van der Waals surface area (Å²) < 4.78 is 10.4. The topological polar surface area (TPSA) is 212 Å². The Balaban J connectivity index is 2.30. The first-order valence-corrected chi connectivity index (χ1v) is 9.23. The number of H-pyrrole nitrogens is 1. The van der Waals surface area contributed by atoms with Gasteiger partial charge in [-0.25, -0.2) is 14.4 Å². The first-order chi connectivity index (χ1) is 16.1. The van der Waals surface area contributed by atoms with Gasteiger partial charge < -0.3 is 30.4 Å². The molecule has 13 nitrogen and oxygen atoms in total. The van der Waals surface area contributed by atoms with Gasteiger partial charge >= 0.3 is 17.9 Å². The molecule has 5 N–H and O–H groups in total. The zero-order chi connectivity index (χ0) is 25.2. The Morgan fingerprint density at radius 1 is 1.03 bits per heavy atom. The van der Waals surface area contributed by atoms with Crippen molar-refractivity contribution in [3.05, 3.63) is 79.6 Å². The Morgan fingerprint density at radius 2 is 1.68 bits per heavy atom. The van der Waals surface area contributed by atoms with Crippen LogP contribution in [0.2, 0.25) is 0 Å². The summed E-state index contributed by atoms with van der Waals surface area (Å²) in [5.74, 6) is -5.27. The number of para-hydroxylation sites is 1. The Bertz CT molecular complexity index is 1410. The number of rotatable bonds is 7. The molecule has 0 amide bonds. The van der Waals surface area contributed by atoms with Crippen LogP contribution in [0.5, 0.6) is 11.5 Å². The van der Waals surface area contributed by atoms with Crippen LogP contribution in [0.3, 0.4) is 0 Å². The molecule has 34 heavy (non-hydrogen) atoms. The van der Waals surface area contributed by atoms with Gasteiger partial charge in [-0.3, -0.25) is 14.9 Å². The number of carbonyl (C=O) groups is 3. The van der Waals surface area contributed by atoms with Crippen LogP contribution >= 0.6 is 0 Å². The van der Waals surface area contributed by atoms with Crippen LogP contribution < -0.4 is 16.0 Å². The minimum absolute atomic E-state index is 0.149. The summed E-state index contributed by atoms with van der Waals surface area (Å²) in [6, 6.07) is 8.57. The van der Waals surface area contributed by atoms with Crippen molar-refractivity contribution in [2.45, 2.75) is 0 Å². The van der Waals surface area contributed by atoms with Crippen molar-refractivity contribution in [3.8, 4) is 22.6 Å². The molecule has 0 aliphatic rings. The van der Waals surface area contributed by atoms with Crippen molar-refractivity contribution < 1.29 is 39.0 Å². The molecule has 174 valence electrons. The molecule has 0 fully saturated rings. The number of methoxy groups -OCH3 is 1. The van der Waals surface area contributed by atoms with E-state index in [0.29, 0.717) is 0 Å². The number of nitro groups is 1. The maximum atomic E-state index is 12.3. The van der Waals surface area contributed by atoms with Gasteiger partial charge in [-0.15, -0.1) is 0 Å². The number of aromatic carboxylic acids is 2. The average Bonchev–Trinajstić information content (AvgIpc) is 2.77. The lowest BCUT2D eigenvalue weighted by Gasteiger charge is -2.17. The number of pyridine rings is 1. The predicted octanol–water partition coefficient (Wildman–Crippen LogP) is 2.51. The minimum Gasteiger partial charge on any atom is -0.478 e. The number of non-ortho nitro benzene ring substituents is 1. The van der Waals surface area contributed by atoms with Crippen LogP contribution in [0.1, 0.15) is 31.1 Å². The highest BCUT2D eigenvalue weighted by molar-refractivity contribution is 6.08. The number of nitrogens with two attached hydrogens (primary N) is 1. The molecule has 3 rings (SSSR count). The summed E-state index contributed by atoms with van der Waals surface area (Å²) in [4.78, 5) is 60.6. The van der Waals surface area contributed by atoms with Crippen LogP contribution in [0.4, 0.5) is 11.5 Å². The Morgan fingerprint density at radius 3 is 2.26 bits per heavy atom. The number of esters is 1. The molecule has 1 aromatic heterocycles. The smallest absolute Gasteiger partial charge is 0.342 e. The summed E-state index contributed by atoms with van der Waals surface area (Å²) in [6.45, 7) is 0. The van der Waals surface area contributed by atoms with Crippen molar-refractivity contribution in [2.24, 2.45) is 0 Å². The fourth-order valence-electron chi connectivity index (χ4n) is 3.19. The maximum Gasteiger partial charge on any atom is 0.342 e. The number of anilines is 1. The highest BCUT2D eigenvalue weighted by atomic mass is 16.6. The second-order valence-electron chi connectivity index (χ2n) is 6.63. The molecule has 0 saturated heterocycles. The van der Waals surface area contributed by atoms with Crippen LogP contribution in [0, 0.1) is 10.1 Å². The molecule has 0 atom stereocenters. The summed E-state index contributed by atoms with van der Waals surface area (Å²) in [6.07, 6.45) is 0. The number of carbonyl (C=O) groups excluding carboxylic acids is 1. The molecule has 0 spiro atoms. The van der Waals surface area contributed by atoms with Gasteiger partial charge in [0.1, 0.15) is 34.0 Å². The van der Waals surface area contributed by atoms with E-state index in [9.17, 15) is 39.5 Å². The number of nitro benzene ring substituents is 1. The number of nitrogens with one attached hydrogen (secondary N) is 1. The van der Waals surface area contributed by atoms with Crippen LogP contribution in [0.25, 0.3) is 11.1 Å². The van der Waals surface area contributed by atoms with Crippen molar-refractivity contribution >= 4 is 29.4 Å². The number of nitrogens with zero attached hydrogens (tertiary/aromatic N) is 1. The molecule has 2 aromatic carbocycles. The average molecular weight is 469 g/mol. The van der Waals surface area contributed by atoms with E-state index in [1.54, 1.807) is 0 Å². The number of hydrogen-bond donors (Lipinski definition) is 4. The number of aromatic amines is 1. The third-order valence-electron chi connectivity index (χ3n) is 4.63. The fraction of sp³-hybridized carbons (Fsp3) is 0.0476. The number of benzene rings is 2. The highest BCUT2D eigenvalue weighted by Gasteiger charge is 2.29. The first-order valence-electron chi connectivity index (χ1n) is 9.23. The zero-order valence-corrected chi connectivity index (χ0v) is 17.2. The molecule has 0 aliphatic carbocycles. The summed E-state index contributed by atoms with van der Waals surface area (Å²) >= 11 is 0. The van der Waals surface area contributed by atoms with Crippen LogP contribution in [-0.2, 0) is 4.74 Å². The Hall–Kier alpha value is -5.20. The van der Waals surface area contributed by atoms with Gasteiger partial charge in [-0.05, 0) is 12.1 Å².